The summed E-state index contributed by atoms with van der Waals surface area (Å²) < 4.78 is 5.06. The number of anilines is 1. The second-order valence-corrected chi connectivity index (χ2v) is 3.85. The smallest absolute Gasteiger partial charge is 0.129 e. The number of hydrogen-bond donors (Lipinski definition) is 1. The van der Waals surface area contributed by atoms with E-state index >= 15 is 0 Å². The van der Waals surface area contributed by atoms with Crippen LogP contribution in [0.2, 0.25) is 0 Å². The van der Waals surface area contributed by atoms with E-state index in [9.17, 15) is 5.11 Å². The third kappa shape index (κ3) is 4.17. The highest BCUT2D eigenvalue weighted by molar-refractivity contribution is 5.42. The number of aromatic nitrogens is 1. The highest BCUT2D eigenvalue weighted by atomic mass is 16.5. The van der Waals surface area contributed by atoms with E-state index in [1.165, 1.54) is 0 Å². The van der Waals surface area contributed by atoms with Gasteiger partial charge >= 0.3 is 0 Å². The summed E-state index contributed by atoms with van der Waals surface area (Å²) in [6.45, 7) is 7.56. The van der Waals surface area contributed by atoms with Crippen molar-refractivity contribution in [3.8, 4) is 0 Å². The Balaban J connectivity index is 2.84. The van der Waals surface area contributed by atoms with Gasteiger partial charge in [0.05, 0.1) is 12.7 Å². The van der Waals surface area contributed by atoms with E-state index in [-0.39, 0.29) is 0 Å². The molecule has 4 nitrogen and oxygen atoms in total. The first-order chi connectivity index (χ1) is 8.19. The number of ether oxygens (including phenoxy) is 1. The lowest BCUT2D eigenvalue weighted by atomic mass is 10.1. The number of rotatable bonds is 7. The minimum atomic E-state index is -0.482. The van der Waals surface area contributed by atoms with Gasteiger partial charge in [-0.05, 0) is 24.6 Å². The van der Waals surface area contributed by atoms with Gasteiger partial charge in [-0.1, -0.05) is 6.08 Å². The molecule has 0 aliphatic heterocycles. The summed E-state index contributed by atoms with van der Waals surface area (Å²) in [6.07, 6.45) is 3.05. The Morgan fingerprint density at radius 2 is 2.41 bits per heavy atom. The van der Waals surface area contributed by atoms with Crippen molar-refractivity contribution in [3.05, 3.63) is 36.5 Å². The fourth-order valence-electron chi connectivity index (χ4n) is 1.52. The van der Waals surface area contributed by atoms with Crippen LogP contribution >= 0.6 is 0 Å². The number of nitrogens with zero attached hydrogens (tertiary/aromatic N) is 2. The van der Waals surface area contributed by atoms with Crippen LogP contribution in [-0.2, 0) is 4.74 Å². The molecule has 1 atom stereocenters. The number of hydrogen-bond acceptors (Lipinski definition) is 4. The molecule has 1 N–H and O–H groups in total. The summed E-state index contributed by atoms with van der Waals surface area (Å²) >= 11 is 0. The van der Waals surface area contributed by atoms with Crippen LogP contribution in [0.15, 0.2) is 31.0 Å². The molecule has 1 aromatic rings. The zero-order chi connectivity index (χ0) is 12.7. The second-order valence-electron chi connectivity index (χ2n) is 3.85. The molecule has 0 unspecified atom stereocenters. The molecule has 17 heavy (non-hydrogen) atoms. The first-order valence-corrected chi connectivity index (χ1v) is 5.67. The maximum atomic E-state index is 9.54. The molecule has 1 rings (SSSR count). The summed E-state index contributed by atoms with van der Waals surface area (Å²) in [5.74, 6) is 0.834. The van der Waals surface area contributed by atoms with Crippen molar-refractivity contribution in [1.29, 1.82) is 0 Å². The topological polar surface area (TPSA) is 45.6 Å². The molecular weight excluding hydrogens is 216 g/mol. The average Bonchev–Trinajstić information content (AvgIpc) is 2.34. The van der Waals surface area contributed by atoms with Crippen molar-refractivity contribution in [1.82, 2.24) is 4.98 Å². The molecule has 0 aromatic carbocycles. The van der Waals surface area contributed by atoms with Gasteiger partial charge in [-0.3, -0.25) is 0 Å². The second kappa shape index (κ2) is 7.04. The minimum absolute atomic E-state index is 0.482. The average molecular weight is 236 g/mol. The van der Waals surface area contributed by atoms with Crippen LogP contribution in [0.3, 0.4) is 0 Å². The van der Waals surface area contributed by atoms with Crippen molar-refractivity contribution < 1.29 is 9.84 Å². The van der Waals surface area contributed by atoms with E-state index in [2.05, 4.69) is 16.5 Å². The van der Waals surface area contributed by atoms with E-state index in [0.29, 0.717) is 13.2 Å². The van der Waals surface area contributed by atoms with Crippen molar-refractivity contribution in [2.24, 2.45) is 0 Å². The third-order valence-electron chi connectivity index (χ3n) is 2.49. The van der Waals surface area contributed by atoms with Crippen molar-refractivity contribution >= 4 is 5.82 Å². The predicted octanol–water partition coefficient (Wildman–Crippen LogP) is 1.77. The van der Waals surface area contributed by atoms with Gasteiger partial charge in [-0.2, -0.15) is 0 Å². The van der Waals surface area contributed by atoms with Crippen LogP contribution in [0.5, 0.6) is 0 Å². The predicted molar refractivity (Wildman–Crippen MR) is 69.2 cm³/mol. The van der Waals surface area contributed by atoms with E-state index < -0.39 is 6.10 Å². The number of methoxy groups -OCH3 is 1. The Morgan fingerprint density at radius 3 is 3.00 bits per heavy atom. The maximum absolute atomic E-state index is 9.54. The summed E-state index contributed by atoms with van der Waals surface area (Å²) in [7, 11) is 1.67. The Morgan fingerprint density at radius 1 is 1.65 bits per heavy atom. The highest BCUT2D eigenvalue weighted by Crippen LogP contribution is 2.17. The highest BCUT2D eigenvalue weighted by Gasteiger charge is 2.08. The molecule has 4 heteroatoms. The van der Waals surface area contributed by atoms with Gasteiger partial charge in [-0.15, -0.1) is 6.58 Å². The molecule has 0 aliphatic rings. The molecule has 1 heterocycles. The zero-order valence-electron chi connectivity index (χ0n) is 10.5. The minimum Gasteiger partial charge on any atom is -0.389 e. The number of aliphatic hydroxyl groups is 1. The first kappa shape index (κ1) is 13.7. The van der Waals surface area contributed by atoms with Crippen LogP contribution in [0.25, 0.3) is 0 Å². The van der Waals surface area contributed by atoms with Gasteiger partial charge in [0.25, 0.3) is 0 Å². The van der Waals surface area contributed by atoms with Crippen LogP contribution in [-0.4, -0.2) is 36.9 Å². The summed E-state index contributed by atoms with van der Waals surface area (Å²) in [4.78, 5) is 6.36. The van der Waals surface area contributed by atoms with Crippen molar-refractivity contribution in [2.75, 3.05) is 31.7 Å². The van der Waals surface area contributed by atoms with Crippen LogP contribution in [0.4, 0.5) is 5.82 Å². The fraction of sp³-hybridized carbons (Fsp3) is 0.462. The lowest BCUT2D eigenvalue weighted by molar-refractivity contribution is 0.199. The lowest BCUT2D eigenvalue weighted by Crippen LogP contribution is -2.28. The monoisotopic (exact) mass is 236 g/mol. The summed E-state index contributed by atoms with van der Waals surface area (Å²) in [6, 6.07) is 3.71. The lowest BCUT2D eigenvalue weighted by Gasteiger charge is -2.22. The van der Waals surface area contributed by atoms with E-state index in [1.807, 2.05) is 18.2 Å². The van der Waals surface area contributed by atoms with Gasteiger partial charge in [0.15, 0.2) is 0 Å². The standard InChI is InChI=1S/C13H20N2O2/c1-4-7-15(8-9-17-3)13-10-12(11(2)16)5-6-14-13/h4-6,10-11,16H,1,7-9H2,2-3H3/t11-/m1/s1. The van der Waals surface area contributed by atoms with Crippen LogP contribution in [0, 0.1) is 0 Å². The SMILES string of the molecule is C=CCN(CCOC)c1cc([C@@H](C)O)ccn1. The van der Waals surface area contributed by atoms with Gasteiger partial charge in [0.1, 0.15) is 5.82 Å². The van der Waals surface area contributed by atoms with Crippen molar-refractivity contribution in [2.45, 2.75) is 13.0 Å². The molecule has 0 fully saturated rings. The molecule has 0 spiro atoms. The Kier molecular flexibility index (Phi) is 5.66. The third-order valence-corrected chi connectivity index (χ3v) is 2.49. The van der Waals surface area contributed by atoms with Crippen LogP contribution in [0.1, 0.15) is 18.6 Å². The van der Waals surface area contributed by atoms with Gasteiger partial charge < -0.3 is 14.7 Å². The van der Waals surface area contributed by atoms with E-state index in [1.54, 1.807) is 20.2 Å². The molecule has 1 aromatic heterocycles. The largest absolute Gasteiger partial charge is 0.389 e. The molecule has 0 amide bonds. The van der Waals surface area contributed by atoms with Crippen molar-refractivity contribution in [3.63, 3.8) is 0 Å². The zero-order valence-corrected chi connectivity index (χ0v) is 10.5. The summed E-state index contributed by atoms with van der Waals surface area (Å²) in [5.41, 5.74) is 0.862. The normalized spacial score (nSPS) is 12.2. The Labute approximate surface area is 103 Å². The van der Waals surface area contributed by atoms with Gasteiger partial charge in [-0.25, -0.2) is 4.98 Å². The summed E-state index contributed by atoms with van der Waals surface area (Å²) in [5, 5.41) is 9.54. The molecule has 0 saturated heterocycles. The van der Waals surface area contributed by atoms with E-state index in [4.69, 9.17) is 4.74 Å². The Hall–Kier alpha value is -1.39. The van der Waals surface area contributed by atoms with Crippen LogP contribution < -0.4 is 4.90 Å². The molecule has 0 bridgehead atoms. The molecule has 0 aliphatic carbocycles. The molecular formula is C13H20N2O2. The first-order valence-electron chi connectivity index (χ1n) is 5.67. The quantitative estimate of drug-likeness (QED) is 0.733. The van der Waals surface area contributed by atoms with Gasteiger partial charge in [0, 0.05) is 26.4 Å². The number of pyridine rings is 1. The molecule has 94 valence electrons. The Bertz CT molecular complexity index is 353. The number of aliphatic hydroxyl groups excluding tert-OH is 1. The molecule has 0 radical (unpaired) electrons. The molecule has 0 saturated carbocycles. The van der Waals surface area contributed by atoms with E-state index in [0.717, 1.165) is 17.9 Å². The fourth-order valence-corrected chi connectivity index (χ4v) is 1.52. The van der Waals surface area contributed by atoms with Gasteiger partial charge in [0.2, 0.25) is 0 Å². The maximum Gasteiger partial charge on any atom is 0.129 e.